The van der Waals surface area contributed by atoms with Crippen LogP contribution < -0.4 is 21.5 Å². The first-order valence-corrected chi connectivity index (χ1v) is 9.17. The van der Waals surface area contributed by atoms with Crippen LogP contribution in [0.2, 0.25) is 0 Å². The molecule has 1 heterocycles. The van der Waals surface area contributed by atoms with Crippen LogP contribution in [0.3, 0.4) is 0 Å². The minimum Gasteiger partial charge on any atom is -0.406 e. The number of hydrogen-bond acceptors (Lipinski definition) is 5. The van der Waals surface area contributed by atoms with Crippen LogP contribution in [-0.4, -0.2) is 17.3 Å². The zero-order valence-corrected chi connectivity index (χ0v) is 17.2. The van der Waals surface area contributed by atoms with Gasteiger partial charge in [-0.15, -0.1) is 13.2 Å². The van der Waals surface area contributed by atoms with Crippen molar-refractivity contribution in [1.82, 2.24) is 4.98 Å². The Labute approximate surface area is 178 Å². The smallest absolute Gasteiger partial charge is 0.406 e. The summed E-state index contributed by atoms with van der Waals surface area (Å²) in [6, 6.07) is 12.3. The third-order valence-electron chi connectivity index (χ3n) is 4.21. The predicted molar refractivity (Wildman–Crippen MR) is 115 cm³/mol. The van der Waals surface area contributed by atoms with Crippen molar-refractivity contribution in [3.05, 3.63) is 77.0 Å². The minimum absolute atomic E-state index is 0.0858. The van der Waals surface area contributed by atoms with Crippen molar-refractivity contribution in [1.29, 1.82) is 0 Å². The summed E-state index contributed by atoms with van der Waals surface area (Å²) >= 11 is 0. The minimum atomic E-state index is -4.79. The standard InChI is InChI=1S/C16H14F3NO2.C6H9N3/c1-10-6-7-11(2)14(8-10)20-15(21)12-4-3-5-13(9-12)22-16(17,18)19;1-4-2-3-9-6(8)5(4)7/h3-9H,1-2H3,(H,20,21);2-3H,7H2,1H3,(H2,8,9). The number of anilines is 3. The molecule has 164 valence electrons. The van der Waals surface area contributed by atoms with E-state index < -0.39 is 18.0 Å². The normalized spacial score (nSPS) is 10.6. The molecule has 0 aliphatic heterocycles. The molecule has 0 bridgehead atoms. The summed E-state index contributed by atoms with van der Waals surface area (Å²) in [6.45, 7) is 5.61. The first-order chi connectivity index (χ1) is 14.5. The van der Waals surface area contributed by atoms with Crippen LogP contribution in [0.25, 0.3) is 0 Å². The Kier molecular flexibility index (Phi) is 7.47. The highest BCUT2D eigenvalue weighted by atomic mass is 19.4. The molecule has 3 aromatic rings. The van der Waals surface area contributed by atoms with Crippen LogP contribution in [0.1, 0.15) is 27.0 Å². The quantitative estimate of drug-likeness (QED) is 0.540. The molecule has 0 unspecified atom stereocenters. The van der Waals surface area contributed by atoms with Gasteiger partial charge in [0, 0.05) is 17.4 Å². The van der Waals surface area contributed by atoms with Crippen molar-refractivity contribution < 1.29 is 22.7 Å². The number of ether oxygens (including phenoxy) is 1. The van der Waals surface area contributed by atoms with E-state index in [1.807, 2.05) is 39.0 Å². The van der Waals surface area contributed by atoms with E-state index in [0.29, 0.717) is 17.2 Å². The van der Waals surface area contributed by atoms with Crippen LogP contribution in [0.4, 0.5) is 30.4 Å². The summed E-state index contributed by atoms with van der Waals surface area (Å²) < 4.78 is 40.4. The molecule has 0 spiro atoms. The number of benzene rings is 2. The zero-order chi connectivity index (χ0) is 23.2. The molecule has 0 aliphatic carbocycles. The molecular formula is C22H23F3N4O2. The van der Waals surface area contributed by atoms with Gasteiger partial charge in [0.2, 0.25) is 0 Å². The average Bonchev–Trinajstić information content (AvgIpc) is 2.68. The van der Waals surface area contributed by atoms with Crippen molar-refractivity contribution in [3.8, 4) is 5.75 Å². The Hall–Kier alpha value is -3.75. The van der Waals surface area contributed by atoms with E-state index >= 15 is 0 Å². The lowest BCUT2D eigenvalue weighted by Crippen LogP contribution is -2.18. The number of rotatable bonds is 3. The van der Waals surface area contributed by atoms with E-state index in [2.05, 4.69) is 15.0 Å². The van der Waals surface area contributed by atoms with Crippen LogP contribution in [0.15, 0.2) is 54.7 Å². The van der Waals surface area contributed by atoms with Gasteiger partial charge in [-0.25, -0.2) is 4.98 Å². The van der Waals surface area contributed by atoms with Gasteiger partial charge in [-0.2, -0.15) is 0 Å². The number of hydrogen-bond donors (Lipinski definition) is 3. The number of halogens is 3. The van der Waals surface area contributed by atoms with Crippen LogP contribution >= 0.6 is 0 Å². The number of nitrogens with two attached hydrogens (primary N) is 2. The lowest BCUT2D eigenvalue weighted by atomic mass is 10.1. The SMILES string of the molecule is Cc1ccc(C)c(NC(=O)c2cccc(OC(F)(F)F)c2)c1.Cc1ccnc(N)c1N. The van der Waals surface area contributed by atoms with Crippen molar-refractivity contribution in [2.75, 3.05) is 16.8 Å². The number of nitrogens with zero attached hydrogens (tertiary/aromatic N) is 1. The van der Waals surface area contributed by atoms with E-state index in [4.69, 9.17) is 11.5 Å². The van der Waals surface area contributed by atoms with Gasteiger partial charge in [0.25, 0.3) is 5.91 Å². The Balaban J connectivity index is 0.000000316. The highest BCUT2D eigenvalue weighted by molar-refractivity contribution is 6.04. The molecule has 6 nitrogen and oxygen atoms in total. The van der Waals surface area contributed by atoms with E-state index in [1.54, 1.807) is 12.3 Å². The largest absolute Gasteiger partial charge is 0.573 e. The molecule has 3 rings (SSSR count). The van der Waals surface area contributed by atoms with E-state index in [1.165, 1.54) is 12.1 Å². The molecule has 31 heavy (non-hydrogen) atoms. The van der Waals surface area contributed by atoms with Gasteiger partial charge >= 0.3 is 6.36 Å². The van der Waals surface area contributed by atoms with Crippen molar-refractivity contribution in [2.45, 2.75) is 27.1 Å². The molecule has 0 saturated heterocycles. The van der Waals surface area contributed by atoms with Crippen molar-refractivity contribution in [3.63, 3.8) is 0 Å². The molecule has 0 atom stereocenters. The maximum absolute atomic E-state index is 12.2. The number of carbonyl (C=O) groups is 1. The maximum Gasteiger partial charge on any atom is 0.573 e. The fraction of sp³-hybridized carbons (Fsp3) is 0.182. The number of nitrogens with one attached hydrogen (secondary N) is 1. The van der Waals surface area contributed by atoms with E-state index in [0.717, 1.165) is 28.8 Å². The van der Waals surface area contributed by atoms with Gasteiger partial charge in [0.15, 0.2) is 0 Å². The second-order valence-corrected chi connectivity index (χ2v) is 6.77. The summed E-state index contributed by atoms with van der Waals surface area (Å²) in [5.41, 5.74) is 15.0. The number of aromatic nitrogens is 1. The number of carbonyl (C=O) groups excluding carboxylic acids is 1. The summed E-state index contributed by atoms with van der Waals surface area (Å²) in [6.07, 6.45) is -3.15. The van der Waals surface area contributed by atoms with E-state index in [9.17, 15) is 18.0 Å². The van der Waals surface area contributed by atoms with Gasteiger partial charge in [0.1, 0.15) is 11.6 Å². The summed E-state index contributed by atoms with van der Waals surface area (Å²) in [5, 5.41) is 2.68. The van der Waals surface area contributed by atoms with Gasteiger partial charge in [-0.1, -0.05) is 18.2 Å². The molecule has 9 heteroatoms. The highest BCUT2D eigenvalue weighted by Gasteiger charge is 2.31. The van der Waals surface area contributed by atoms with Crippen LogP contribution in [0, 0.1) is 20.8 Å². The number of pyridine rings is 1. The molecule has 0 radical (unpaired) electrons. The van der Waals surface area contributed by atoms with Crippen molar-refractivity contribution in [2.24, 2.45) is 0 Å². The molecule has 2 aromatic carbocycles. The van der Waals surface area contributed by atoms with Gasteiger partial charge in [-0.05, 0) is 67.8 Å². The fourth-order valence-corrected chi connectivity index (χ4v) is 2.49. The lowest BCUT2D eigenvalue weighted by molar-refractivity contribution is -0.274. The third kappa shape index (κ3) is 7.22. The highest BCUT2D eigenvalue weighted by Crippen LogP contribution is 2.24. The number of amides is 1. The summed E-state index contributed by atoms with van der Waals surface area (Å²) in [7, 11) is 0. The fourth-order valence-electron chi connectivity index (χ4n) is 2.49. The summed E-state index contributed by atoms with van der Waals surface area (Å²) in [4.78, 5) is 15.9. The van der Waals surface area contributed by atoms with Crippen LogP contribution in [0.5, 0.6) is 5.75 Å². The number of aryl methyl sites for hydroxylation is 3. The Bertz CT molecular complexity index is 1050. The Morgan fingerprint density at radius 3 is 2.32 bits per heavy atom. The van der Waals surface area contributed by atoms with Gasteiger partial charge in [-0.3, -0.25) is 4.79 Å². The molecule has 0 saturated carbocycles. The number of nitrogen functional groups attached to an aromatic ring is 2. The summed E-state index contributed by atoms with van der Waals surface area (Å²) in [5.74, 6) is -0.516. The third-order valence-corrected chi connectivity index (χ3v) is 4.21. The first kappa shape index (κ1) is 23.5. The molecule has 0 fully saturated rings. The molecule has 1 amide bonds. The van der Waals surface area contributed by atoms with Gasteiger partial charge < -0.3 is 21.5 Å². The number of alkyl halides is 3. The Morgan fingerprint density at radius 2 is 1.71 bits per heavy atom. The monoisotopic (exact) mass is 432 g/mol. The average molecular weight is 432 g/mol. The second kappa shape index (κ2) is 9.84. The van der Waals surface area contributed by atoms with Crippen molar-refractivity contribution >= 4 is 23.1 Å². The molecular weight excluding hydrogens is 409 g/mol. The second-order valence-electron chi connectivity index (χ2n) is 6.77. The van der Waals surface area contributed by atoms with Crippen LogP contribution in [-0.2, 0) is 0 Å². The van der Waals surface area contributed by atoms with E-state index in [-0.39, 0.29) is 5.56 Å². The molecule has 0 aliphatic rings. The Morgan fingerprint density at radius 1 is 1.00 bits per heavy atom. The zero-order valence-electron chi connectivity index (χ0n) is 17.2. The maximum atomic E-state index is 12.2. The molecule has 5 N–H and O–H groups in total. The predicted octanol–water partition coefficient (Wildman–Crippen LogP) is 5.01. The lowest BCUT2D eigenvalue weighted by Gasteiger charge is -2.11. The van der Waals surface area contributed by atoms with Gasteiger partial charge in [0.05, 0.1) is 5.69 Å². The molecule has 1 aromatic heterocycles. The first-order valence-electron chi connectivity index (χ1n) is 9.17. The topological polar surface area (TPSA) is 103 Å².